The second-order valence-electron chi connectivity index (χ2n) is 4.04. The van der Waals surface area contributed by atoms with Crippen LogP contribution in [-0.2, 0) is 0 Å². The SMILES string of the molecule is O=C1COc2ccc(F)cc2-c2ccc(F)cc21. The van der Waals surface area contributed by atoms with Crippen molar-refractivity contribution in [2.45, 2.75) is 0 Å². The van der Waals surface area contributed by atoms with Gasteiger partial charge in [0.05, 0.1) is 0 Å². The Kier molecular flexibility index (Phi) is 2.37. The number of fused-ring (bicyclic) bond motifs is 3. The molecule has 0 fully saturated rings. The van der Waals surface area contributed by atoms with Crippen molar-refractivity contribution in [1.82, 2.24) is 0 Å². The number of Topliss-reactive ketones (excluding diaryl/α,β-unsaturated/α-hetero) is 1. The third kappa shape index (κ3) is 1.66. The molecule has 4 heteroatoms. The quantitative estimate of drug-likeness (QED) is 0.713. The van der Waals surface area contributed by atoms with Crippen LogP contribution in [0.15, 0.2) is 36.4 Å². The van der Waals surface area contributed by atoms with Gasteiger partial charge in [-0.05, 0) is 35.9 Å². The van der Waals surface area contributed by atoms with Crippen LogP contribution in [0.1, 0.15) is 10.4 Å². The van der Waals surface area contributed by atoms with E-state index >= 15 is 0 Å². The number of ketones is 1. The number of hydrogen-bond acceptors (Lipinski definition) is 2. The summed E-state index contributed by atoms with van der Waals surface area (Å²) in [5.74, 6) is -0.819. The van der Waals surface area contributed by atoms with Gasteiger partial charge in [-0.15, -0.1) is 0 Å². The molecule has 0 unspecified atom stereocenters. The highest BCUT2D eigenvalue weighted by Crippen LogP contribution is 2.35. The second-order valence-corrected chi connectivity index (χ2v) is 4.04. The van der Waals surface area contributed by atoms with Crippen LogP contribution in [-0.4, -0.2) is 12.4 Å². The van der Waals surface area contributed by atoms with Crippen molar-refractivity contribution in [3.05, 3.63) is 53.6 Å². The summed E-state index contributed by atoms with van der Waals surface area (Å²) in [6, 6.07) is 7.88. The van der Waals surface area contributed by atoms with Crippen LogP contribution < -0.4 is 4.74 Å². The first kappa shape index (κ1) is 10.9. The zero-order chi connectivity index (χ0) is 12.7. The molecule has 0 aromatic heterocycles. The highest BCUT2D eigenvalue weighted by molar-refractivity contribution is 6.04. The Morgan fingerprint density at radius 2 is 1.56 bits per heavy atom. The number of halogens is 2. The molecule has 0 spiro atoms. The maximum atomic E-state index is 13.3. The molecule has 0 N–H and O–H groups in total. The van der Waals surface area contributed by atoms with E-state index in [2.05, 4.69) is 0 Å². The lowest BCUT2D eigenvalue weighted by Crippen LogP contribution is -2.09. The number of hydrogen-bond donors (Lipinski definition) is 0. The van der Waals surface area contributed by atoms with Gasteiger partial charge in [0, 0.05) is 11.1 Å². The molecule has 2 aromatic carbocycles. The molecule has 2 nitrogen and oxygen atoms in total. The fourth-order valence-corrected chi connectivity index (χ4v) is 2.04. The molecule has 18 heavy (non-hydrogen) atoms. The molecule has 1 aliphatic heterocycles. The highest BCUT2D eigenvalue weighted by Gasteiger charge is 2.22. The lowest BCUT2D eigenvalue weighted by Gasteiger charge is -2.07. The summed E-state index contributed by atoms with van der Waals surface area (Å²) in [7, 11) is 0. The summed E-state index contributed by atoms with van der Waals surface area (Å²) in [4.78, 5) is 11.8. The van der Waals surface area contributed by atoms with E-state index in [0.29, 0.717) is 16.9 Å². The molecule has 0 aliphatic carbocycles. The van der Waals surface area contributed by atoms with Gasteiger partial charge in [0.15, 0.2) is 6.61 Å². The lowest BCUT2D eigenvalue weighted by atomic mass is 9.97. The standard InChI is InChI=1S/C14H8F2O2/c15-8-1-3-10-11(5-8)13(17)7-18-14-4-2-9(16)6-12(10)14/h1-6H,7H2. The predicted octanol–water partition coefficient (Wildman–Crippen LogP) is 3.21. The molecule has 1 aliphatic rings. The van der Waals surface area contributed by atoms with E-state index in [0.717, 1.165) is 6.07 Å². The van der Waals surface area contributed by atoms with Crippen molar-refractivity contribution in [2.24, 2.45) is 0 Å². The van der Waals surface area contributed by atoms with Crippen LogP contribution in [0.25, 0.3) is 11.1 Å². The Bertz CT molecular complexity index is 650. The number of carbonyl (C=O) groups is 1. The summed E-state index contributed by atoms with van der Waals surface area (Å²) in [5.41, 5.74) is 1.18. The minimum atomic E-state index is -0.498. The summed E-state index contributed by atoms with van der Waals surface area (Å²) in [6.45, 7) is -0.172. The first-order valence-corrected chi connectivity index (χ1v) is 5.40. The Morgan fingerprint density at radius 1 is 0.889 bits per heavy atom. The van der Waals surface area contributed by atoms with Crippen LogP contribution in [0.5, 0.6) is 5.75 Å². The largest absolute Gasteiger partial charge is 0.485 e. The van der Waals surface area contributed by atoms with E-state index < -0.39 is 11.6 Å². The van der Waals surface area contributed by atoms with E-state index in [4.69, 9.17) is 4.74 Å². The van der Waals surface area contributed by atoms with Gasteiger partial charge < -0.3 is 4.74 Å². The fourth-order valence-electron chi connectivity index (χ4n) is 2.04. The van der Waals surface area contributed by atoms with Crippen molar-refractivity contribution in [1.29, 1.82) is 0 Å². The molecule has 0 saturated heterocycles. The molecule has 0 saturated carbocycles. The molecule has 0 atom stereocenters. The van der Waals surface area contributed by atoms with Gasteiger partial charge in [0.1, 0.15) is 17.4 Å². The van der Waals surface area contributed by atoms with Gasteiger partial charge in [0.25, 0.3) is 0 Å². The molecule has 0 amide bonds. The third-order valence-electron chi connectivity index (χ3n) is 2.87. The van der Waals surface area contributed by atoms with Crippen molar-refractivity contribution in [3.8, 4) is 16.9 Å². The average Bonchev–Trinajstić information content (AvgIpc) is 2.48. The summed E-state index contributed by atoms with van der Waals surface area (Å²) in [5, 5.41) is 0. The van der Waals surface area contributed by atoms with Crippen molar-refractivity contribution >= 4 is 5.78 Å². The van der Waals surface area contributed by atoms with Crippen molar-refractivity contribution in [2.75, 3.05) is 6.61 Å². The molecule has 0 bridgehead atoms. The molecular weight excluding hydrogens is 238 g/mol. The number of carbonyl (C=O) groups excluding carboxylic acids is 1. The summed E-state index contributed by atoms with van der Waals surface area (Å²) >= 11 is 0. The van der Waals surface area contributed by atoms with E-state index in [1.54, 1.807) is 0 Å². The number of benzene rings is 2. The van der Waals surface area contributed by atoms with E-state index in [1.165, 1.54) is 30.3 Å². The third-order valence-corrected chi connectivity index (χ3v) is 2.87. The topological polar surface area (TPSA) is 26.3 Å². The van der Waals surface area contributed by atoms with Gasteiger partial charge in [-0.2, -0.15) is 0 Å². The normalized spacial score (nSPS) is 13.3. The van der Waals surface area contributed by atoms with Crippen molar-refractivity contribution < 1.29 is 18.3 Å². The van der Waals surface area contributed by atoms with Crippen LogP contribution >= 0.6 is 0 Å². The van der Waals surface area contributed by atoms with Gasteiger partial charge in [0.2, 0.25) is 5.78 Å². The highest BCUT2D eigenvalue weighted by atomic mass is 19.1. The summed E-state index contributed by atoms with van der Waals surface area (Å²) < 4.78 is 31.8. The smallest absolute Gasteiger partial charge is 0.200 e. The van der Waals surface area contributed by atoms with E-state index in [-0.39, 0.29) is 18.0 Å². The van der Waals surface area contributed by atoms with Crippen LogP contribution in [0.2, 0.25) is 0 Å². The molecule has 0 radical (unpaired) electrons. The molecule has 3 rings (SSSR count). The lowest BCUT2D eigenvalue weighted by molar-refractivity contribution is 0.0925. The maximum absolute atomic E-state index is 13.3. The molecular formula is C14H8F2O2. The average molecular weight is 246 g/mol. The van der Waals surface area contributed by atoms with Crippen LogP contribution in [0.4, 0.5) is 8.78 Å². The molecule has 90 valence electrons. The Morgan fingerprint density at radius 3 is 2.33 bits per heavy atom. The van der Waals surface area contributed by atoms with Gasteiger partial charge in [-0.1, -0.05) is 6.07 Å². The first-order valence-electron chi connectivity index (χ1n) is 5.40. The maximum Gasteiger partial charge on any atom is 0.200 e. The van der Waals surface area contributed by atoms with Crippen molar-refractivity contribution in [3.63, 3.8) is 0 Å². The van der Waals surface area contributed by atoms with Crippen LogP contribution in [0.3, 0.4) is 0 Å². The second kappa shape index (κ2) is 3.91. The van der Waals surface area contributed by atoms with E-state index in [1.807, 2.05) is 0 Å². The number of ether oxygens (including phenoxy) is 1. The Balaban J connectivity index is 2.32. The monoisotopic (exact) mass is 246 g/mol. The minimum Gasteiger partial charge on any atom is -0.485 e. The predicted molar refractivity (Wildman–Crippen MR) is 61.6 cm³/mol. The zero-order valence-corrected chi connectivity index (χ0v) is 9.24. The minimum absolute atomic E-state index is 0.172. The zero-order valence-electron chi connectivity index (χ0n) is 9.24. The van der Waals surface area contributed by atoms with Gasteiger partial charge in [-0.3, -0.25) is 4.79 Å². The fraction of sp³-hybridized carbons (Fsp3) is 0.0714. The van der Waals surface area contributed by atoms with Gasteiger partial charge >= 0.3 is 0 Å². The molecule has 2 aromatic rings. The number of rotatable bonds is 0. The van der Waals surface area contributed by atoms with Gasteiger partial charge in [-0.25, -0.2) is 8.78 Å². The molecule has 1 heterocycles. The Labute approximate surface area is 102 Å². The summed E-state index contributed by atoms with van der Waals surface area (Å²) in [6.07, 6.45) is 0. The first-order chi connectivity index (χ1) is 8.65. The van der Waals surface area contributed by atoms with Crippen LogP contribution in [0, 0.1) is 11.6 Å². The Hall–Kier alpha value is -2.23. The van der Waals surface area contributed by atoms with E-state index in [9.17, 15) is 13.6 Å².